The third-order valence-corrected chi connectivity index (χ3v) is 7.09. The molecule has 0 unspecified atom stereocenters. The molecule has 0 radical (unpaired) electrons. The number of hydrogen-bond acceptors (Lipinski definition) is 7. The first-order valence-corrected chi connectivity index (χ1v) is 13.1. The molecule has 38 heavy (non-hydrogen) atoms. The van der Waals surface area contributed by atoms with Gasteiger partial charge in [0.2, 0.25) is 5.95 Å². The number of hydrogen-bond donors (Lipinski definition) is 3. The third kappa shape index (κ3) is 6.07. The Morgan fingerprint density at radius 2 is 1.87 bits per heavy atom. The highest BCUT2D eigenvalue weighted by Crippen LogP contribution is 2.28. The fourth-order valence-electron chi connectivity index (χ4n) is 4.56. The molecule has 3 heterocycles. The molecule has 5 rings (SSSR count). The molecule has 0 bridgehead atoms. The van der Waals surface area contributed by atoms with Crippen molar-refractivity contribution in [3.63, 3.8) is 0 Å². The number of nitrogens with one attached hydrogen (secondary N) is 3. The van der Waals surface area contributed by atoms with Gasteiger partial charge in [-0.1, -0.05) is 11.6 Å². The molecule has 1 aliphatic heterocycles. The van der Waals surface area contributed by atoms with Gasteiger partial charge in [-0.2, -0.15) is 0 Å². The van der Waals surface area contributed by atoms with Crippen LogP contribution in [0.25, 0.3) is 11.0 Å². The van der Waals surface area contributed by atoms with Crippen molar-refractivity contribution in [3.8, 4) is 11.5 Å². The average molecular weight is 534 g/mol. The minimum absolute atomic E-state index is 0.269. The number of fused-ring (bicyclic) bond motifs is 1. The van der Waals surface area contributed by atoms with E-state index in [0.717, 1.165) is 60.0 Å². The minimum Gasteiger partial charge on any atom is -0.457 e. The lowest BCUT2D eigenvalue weighted by Crippen LogP contribution is -2.48. The highest BCUT2D eigenvalue weighted by molar-refractivity contribution is 6.31. The Kier molecular flexibility index (Phi) is 7.78. The number of aromatic nitrogens is 3. The third-order valence-electron chi connectivity index (χ3n) is 6.72. The summed E-state index contributed by atoms with van der Waals surface area (Å²) in [7, 11) is 1.56. The number of H-pyrrole nitrogens is 1. The van der Waals surface area contributed by atoms with E-state index < -0.39 is 0 Å². The van der Waals surface area contributed by atoms with E-state index in [9.17, 15) is 4.79 Å². The second kappa shape index (κ2) is 11.4. The number of imidazole rings is 1. The average Bonchev–Trinajstić information content (AvgIpc) is 3.32. The normalized spacial score (nSPS) is 14.7. The number of benzene rings is 2. The summed E-state index contributed by atoms with van der Waals surface area (Å²) in [4.78, 5) is 28.9. The van der Waals surface area contributed by atoms with Gasteiger partial charge in [-0.3, -0.25) is 19.6 Å². The van der Waals surface area contributed by atoms with E-state index in [-0.39, 0.29) is 5.91 Å². The maximum Gasteiger partial charge on any atom is 0.269 e. The van der Waals surface area contributed by atoms with E-state index in [4.69, 9.17) is 16.3 Å². The van der Waals surface area contributed by atoms with Gasteiger partial charge in [-0.15, -0.1) is 0 Å². The molecule has 0 saturated carbocycles. The van der Waals surface area contributed by atoms with Crippen LogP contribution >= 0.6 is 11.6 Å². The molecular weight excluding hydrogens is 502 g/mol. The molecular formula is C28H32ClN7O2. The number of aromatic amines is 1. The number of nitrogens with zero attached hydrogens (tertiary/aromatic N) is 4. The molecule has 9 nitrogen and oxygen atoms in total. The molecule has 2 aromatic carbocycles. The van der Waals surface area contributed by atoms with Gasteiger partial charge in [0.15, 0.2) is 0 Å². The van der Waals surface area contributed by atoms with Crippen molar-refractivity contribution in [1.82, 2.24) is 30.1 Å². The zero-order valence-corrected chi connectivity index (χ0v) is 22.5. The number of carbonyl (C=O) groups is 1. The second-order valence-electron chi connectivity index (χ2n) is 9.66. The molecule has 10 heteroatoms. The molecule has 198 valence electrons. The van der Waals surface area contributed by atoms with Gasteiger partial charge in [0.1, 0.15) is 17.2 Å². The molecule has 1 amide bonds. The standard InChI is InChI=1S/C28H32ClN7O2/c1-18(2)36-12-10-35(11-13-36)17-19-14-20(4-6-23(19)29)32-28-33-24-7-5-21(15-25(24)34-28)38-22-8-9-31-26(16-22)27(37)30-3/h4-9,14-16,18H,10-13,17H2,1-3H3,(H,30,37)(H2,32,33,34). The summed E-state index contributed by atoms with van der Waals surface area (Å²) in [5.41, 5.74) is 3.93. The smallest absolute Gasteiger partial charge is 0.269 e. The van der Waals surface area contributed by atoms with E-state index in [1.54, 1.807) is 25.4 Å². The molecule has 1 fully saturated rings. The Balaban J connectivity index is 1.26. The minimum atomic E-state index is -0.269. The lowest BCUT2D eigenvalue weighted by Gasteiger charge is -2.37. The number of ether oxygens (including phenoxy) is 1. The van der Waals surface area contributed by atoms with Crippen LogP contribution in [0.2, 0.25) is 5.02 Å². The summed E-state index contributed by atoms with van der Waals surface area (Å²) in [6.07, 6.45) is 1.54. The summed E-state index contributed by atoms with van der Waals surface area (Å²) in [5.74, 6) is 1.50. The molecule has 3 N–H and O–H groups in total. The van der Waals surface area contributed by atoms with E-state index in [1.807, 2.05) is 30.3 Å². The summed E-state index contributed by atoms with van der Waals surface area (Å²) >= 11 is 6.55. The molecule has 4 aromatic rings. The van der Waals surface area contributed by atoms with Crippen LogP contribution < -0.4 is 15.4 Å². The Morgan fingerprint density at radius 3 is 2.63 bits per heavy atom. The fourth-order valence-corrected chi connectivity index (χ4v) is 4.74. The maximum atomic E-state index is 11.9. The topological polar surface area (TPSA) is 98.4 Å². The number of piperazine rings is 1. The van der Waals surface area contributed by atoms with Crippen molar-refractivity contribution in [2.75, 3.05) is 38.5 Å². The van der Waals surface area contributed by atoms with Crippen molar-refractivity contribution in [2.45, 2.75) is 26.4 Å². The Morgan fingerprint density at radius 1 is 1.08 bits per heavy atom. The maximum absolute atomic E-state index is 11.9. The zero-order valence-electron chi connectivity index (χ0n) is 21.8. The lowest BCUT2D eigenvalue weighted by atomic mass is 10.1. The first-order valence-electron chi connectivity index (χ1n) is 12.8. The van der Waals surface area contributed by atoms with Crippen molar-refractivity contribution in [1.29, 1.82) is 0 Å². The molecule has 1 saturated heterocycles. The number of amides is 1. The van der Waals surface area contributed by atoms with Gasteiger partial charge in [-0.25, -0.2) is 4.98 Å². The fraction of sp³-hybridized carbons (Fsp3) is 0.321. The number of anilines is 2. The van der Waals surface area contributed by atoms with E-state index in [0.29, 0.717) is 29.2 Å². The van der Waals surface area contributed by atoms with Crippen LogP contribution in [0, 0.1) is 0 Å². The summed E-state index contributed by atoms with van der Waals surface area (Å²) in [5, 5.41) is 6.70. The summed E-state index contributed by atoms with van der Waals surface area (Å²) < 4.78 is 5.96. The first kappa shape index (κ1) is 26.0. The summed E-state index contributed by atoms with van der Waals surface area (Å²) in [6.45, 7) is 9.54. The van der Waals surface area contributed by atoms with Crippen molar-refractivity contribution in [2.24, 2.45) is 0 Å². The van der Waals surface area contributed by atoms with Gasteiger partial charge in [0.25, 0.3) is 5.91 Å². The van der Waals surface area contributed by atoms with Crippen LogP contribution in [-0.4, -0.2) is 69.9 Å². The number of rotatable bonds is 8. The molecule has 1 aliphatic rings. The number of halogens is 1. The van der Waals surface area contributed by atoms with Crippen LogP contribution in [0.5, 0.6) is 11.5 Å². The van der Waals surface area contributed by atoms with E-state index in [1.165, 1.54) is 0 Å². The van der Waals surface area contributed by atoms with Gasteiger partial charge in [-0.05, 0) is 55.8 Å². The molecule has 0 atom stereocenters. The Labute approximate surface area is 227 Å². The molecule has 2 aromatic heterocycles. The van der Waals surface area contributed by atoms with Crippen molar-refractivity contribution < 1.29 is 9.53 Å². The van der Waals surface area contributed by atoms with Gasteiger partial charge >= 0.3 is 0 Å². The van der Waals surface area contributed by atoms with Gasteiger partial charge in [0, 0.05) is 74.9 Å². The number of pyridine rings is 1. The van der Waals surface area contributed by atoms with Crippen LogP contribution in [-0.2, 0) is 6.54 Å². The van der Waals surface area contributed by atoms with Crippen LogP contribution in [0.4, 0.5) is 11.6 Å². The second-order valence-corrected chi connectivity index (χ2v) is 10.1. The SMILES string of the molecule is CNC(=O)c1cc(Oc2ccc3nc(Nc4ccc(Cl)c(CN5CCN(C(C)C)CC5)c4)[nH]c3c2)ccn1. The number of carbonyl (C=O) groups excluding carboxylic acids is 1. The van der Waals surface area contributed by atoms with Crippen molar-refractivity contribution >= 4 is 40.2 Å². The lowest BCUT2D eigenvalue weighted by molar-refractivity contribution is 0.0958. The highest BCUT2D eigenvalue weighted by Gasteiger charge is 2.19. The summed E-state index contributed by atoms with van der Waals surface area (Å²) in [6, 6.07) is 15.5. The van der Waals surface area contributed by atoms with Crippen LogP contribution in [0.15, 0.2) is 54.7 Å². The van der Waals surface area contributed by atoms with Crippen LogP contribution in [0.1, 0.15) is 29.9 Å². The monoisotopic (exact) mass is 533 g/mol. The van der Waals surface area contributed by atoms with Crippen LogP contribution in [0.3, 0.4) is 0 Å². The predicted molar refractivity (Wildman–Crippen MR) is 151 cm³/mol. The van der Waals surface area contributed by atoms with Gasteiger partial charge < -0.3 is 20.4 Å². The largest absolute Gasteiger partial charge is 0.457 e. The molecule has 0 aliphatic carbocycles. The quantitative estimate of drug-likeness (QED) is 0.292. The van der Waals surface area contributed by atoms with E-state index >= 15 is 0 Å². The Bertz CT molecular complexity index is 1430. The molecule has 0 spiro atoms. The highest BCUT2D eigenvalue weighted by atomic mass is 35.5. The Hall–Kier alpha value is -3.66. The first-order chi connectivity index (χ1) is 18.4. The van der Waals surface area contributed by atoms with Gasteiger partial charge in [0.05, 0.1) is 11.0 Å². The van der Waals surface area contributed by atoms with Crippen molar-refractivity contribution in [3.05, 3.63) is 71.0 Å². The van der Waals surface area contributed by atoms with E-state index in [2.05, 4.69) is 55.3 Å². The predicted octanol–water partition coefficient (Wildman–Crippen LogP) is 5.03. The zero-order chi connectivity index (χ0) is 26.6.